The Hall–Kier alpha value is -2.82. The number of hydrogen-bond acceptors (Lipinski definition) is 1. The summed E-state index contributed by atoms with van der Waals surface area (Å²) in [5, 5.41) is 4.71. The average molecular weight is 343 g/mol. The molecule has 5 heteroatoms. The van der Waals surface area contributed by atoms with Gasteiger partial charge in [-0.15, -0.1) is 0 Å². The molecule has 0 aromatic heterocycles. The summed E-state index contributed by atoms with van der Waals surface area (Å²) >= 11 is 0. The topological polar surface area (TPSA) is 29.1 Å². The molecule has 0 fully saturated rings. The molecule has 3 aromatic carbocycles. The number of rotatable bonds is 4. The molecule has 3 rings (SSSR count). The average Bonchev–Trinajstić information content (AvgIpc) is 2.59. The second kappa shape index (κ2) is 6.97. The molecule has 128 valence electrons. The maximum absolute atomic E-state index is 12.7. The number of amides is 1. The first kappa shape index (κ1) is 17.0. The van der Waals surface area contributed by atoms with E-state index in [0.29, 0.717) is 6.42 Å². The highest BCUT2D eigenvalue weighted by Gasteiger charge is 2.30. The summed E-state index contributed by atoms with van der Waals surface area (Å²) < 4.78 is 38.1. The molecule has 0 atom stereocenters. The van der Waals surface area contributed by atoms with E-state index in [4.69, 9.17) is 0 Å². The highest BCUT2D eigenvalue weighted by Crippen LogP contribution is 2.30. The minimum absolute atomic E-state index is 0.151. The third kappa shape index (κ3) is 4.18. The van der Waals surface area contributed by atoms with Crippen molar-refractivity contribution in [2.45, 2.75) is 19.0 Å². The van der Waals surface area contributed by atoms with Crippen molar-refractivity contribution < 1.29 is 18.0 Å². The van der Waals surface area contributed by atoms with Crippen molar-refractivity contribution in [2.24, 2.45) is 0 Å². The number of aryl methyl sites for hydroxylation is 1. The quantitative estimate of drug-likeness (QED) is 0.672. The number of carbonyl (C=O) groups is 1. The number of benzene rings is 3. The van der Waals surface area contributed by atoms with E-state index >= 15 is 0 Å². The maximum atomic E-state index is 12.7. The van der Waals surface area contributed by atoms with Crippen LogP contribution in [0.4, 0.5) is 18.9 Å². The lowest BCUT2D eigenvalue weighted by molar-refractivity contribution is -0.137. The minimum Gasteiger partial charge on any atom is -0.326 e. The van der Waals surface area contributed by atoms with E-state index in [9.17, 15) is 18.0 Å². The molecule has 25 heavy (non-hydrogen) atoms. The van der Waals surface area contributed by atoms with Crippen LogP contribution in [0.25, 0.3) is 10.8 Å². The lowest BCUT2D eigenvalue weighted by Crippen LogP contribution is -2.13. The minimum atomic E-state index is -4.43. The van der Waals surface area contributed by atoms with Crippen LogP contribution in [0.15, 0.2) is 66.7 Å². The first-order valence-corrected chi connectivity index (χ1v) is 7.87. The lowest BCUT2D eigenvalue weighted by Gasteiger charge is -2.10. The van der Waals surface area contributed by atoms with Gasteiger partial charge in [0.1, 0.15) is 0 Å². The van der Waals surface area contributed by atoms with E-state index in [1.165, 1.54) is 12.1 Å². The molecule has 2 nitrogen and oxygen atoms in total. The zero-order valence-electron chi connectivity index (χ0n) is 13.3. The fraction of sp³-hybridized carbons (Fsp3) is 0.150. The molecule has 1 amide bonds. The van der Waals surface area contributed by atoms with Crippen molar-refractivity contribution in [3.63, 3.8) is 0 Å². The maximum Gasteiger partial charge on any atom is 0.416 e. The highest BCUT2D eigenvalue weighted by atomic mass is 19.4. The molecule has 0 heterocycles. The van der Waals surface area contributed by atoms with Gasteiger partial charge >= 0.3 is 6.18 Å². The first-order chi connectivity index (χ1) is 11.9. The van der Waals surface area contributed by atoms with Gasteiger partial charge in [-0.3, -0.25) is 4.79 Å². The van der Waals surface area contributed by atoms with Gasteiger partial charge in [0, 0.05) is 12.1 Å². The summed E-state index contributed by atoms with van der Waals surface area (Å²) in [7, 11) is 0. The van der Waals surface area contributed by atoms with Crippen LogP contribution in [0.1, 0.15) is 17.5 Å². The zero-order valence-corrected chi connectivity index (χ0v) is 13.3. The van der Waals surface area contributed by atoms with E-state index in [1.54, 1.807) is 0 Å². The Morgan fingerprint density at radius 2 is 1.64 bits per heavy atom. The van der Waals surface area contributed by atoms with Crippen molar-refractivity contribution in [3.05, 3.63) is 77.9 Å². The second-order valence-corrected chi connectivity index (χ2v) is 5.77. The third-order valence-electron chi connectivity index (χ3n) is 3.97. The molecule has 0 spiro atoms. The number of nitrogens with one attached hydrogen (secondary N) is 1. The molecule has 0 saturated heterocycles. The normalized spacial score (nSPS) is 11.5. The van der Waals surface area contributed by atoms with Gasteiger partial charge in [0.25, 0.3) is 0 Å². The van der Waals surface area contributed by atoms with E-state index in [2.05, 4.69) is 5.32 Å². The number of alkyl halides is 3. The number of hydrogen-bond donors (Lipinski definition) is 1. The number of fused-ring (bicyclic) bond motifs is 1. The number of carbonyl (C=O) groups excluding carboxylic acids is 1. The molecule has 3 aromatic rings. The highest BCUT2D eigenvalue weighted by molar-refractivity contribution is 5.92. The van der Waals surface area contributed by atoms with Crippen LogP contribution in [-0.2, 0) is 17.4 Å². The van der Waals surface area contributed by atoms with Gasteiger partial charge in [-0.25, -0.2) is 0 Å². The van der Waals surface area contributed by atoms with Gasteiger partial charge in [-0.1, -0.05) is 48.5 Å². The zero-order chi connectivity index (χ0) is 17.9. The largest absolute Gasteiger partial charge is 0.416 e. The molecule has 0 aliphatic heterocycles. The Labute approximate surface area is 143 Å². The summed E-state index contributed by atoms with van der Waals surface area (Å²) in [6.07, 6.45) is -3.71. The van der Waals surface area contributed by atoms with Gasteiger partial charge in [-0.05, 0) is 41.0 Å². The Balaban J connectivity index is 1.67. The van der Waals surface area contributed by atoms with E-state index in [0.717, 1.165) is 28.5 Å². The molecule has 0 aliphatic rings. The molecule has 1 N–H and O–H groups in total. The third-order valence-corrected chi connectivity index (χ3v) is 3.97. The van der Waals surface area contributed by atoms with Crippen LogP contribution < -0.4 is 5.32 Å². The van der Waals surface area contributed by atoms with Gasteiger partial charge in [0.05, 0.1) is 5.56 Å². The fourth-order valence-corrected chi connectivity index (χ4v) is 2.76. The van der Waals surface area contributed by atoms with Crippen molar-refractivity contribution in [1.29, 1.82) is 0 Å². The Kier molecular flexibility index (Phi) is 4.74. The van der Waals surface area contributed by atoms with E-state index in [1.807, 2.05) is 42.5 Å². The SMILES string of the molecule is O=C(CCc1cccc2ccccc12)Nc1cccc(C(F)(F)F)c1. The summed E-state index contributed by atoms with van der Waals surface area (Å²) in [5.74, 6) is -0.313. The van der Waals surface area contributed by atoms with E-state index in [-0.39, 0.29) is 18.0 Å². The molecular formula is C20H16F3NO. The van der Waals surface area contributed by atoms with Crippen molar-refractivity contribution in [2.75, 3.05) is 5.32 Å². The summed E-state index contributed by atoms with van der Waals surface area (Å²) in [4.78, 5) is 12.1. The van der Waals surface area contributed by atoms with Crippen molar-refractivity contribution >= 4 is 22.4 Å². The second-order valence-electron chi connectivity index (χ2n) is 5.77. The molecular weight excluding hydrogens is 327 g/mol. The standard InChI is InChI=1S/C20H16F3NO/c21-20(22,23)16-8-4-9-17(13-16)24-19(25)12-11-15-7-3-6-14-5-1-2-10-18(14)15/h1-10,13H,11-12H2,(H,24,25). The van der Waals surface area contributed by atoms with E-state index < -0.39 is 11.7 Å². The molecule has 0 unspecified atom stereocenters. The van der Waals surface area contributed by atoms with Crippen LogP contribution >= 0.6 is 0 Å². The van der Waals surface area contributed by atoms with Crippen molar-refractivity contribution in [3.8, 4) is 0 Å². The van der Waals surface area contributed by atoms with Crippen LogP contribution in [0, 0.1) is 0 Å². The van der Waals surface area contributed by atoms with Gasteiger partial charge in [0.15, 0.2) is 0 Å². The fourth-order valence-electron chi connectivity index (χ4n) is 2.76. The summed E-state index contributed by atoms with van der Waals surface area (Å²) in [6.45, 7) is 0. The number of halogens is 3. The number of anilines is 1. The van der Waals surface area contributed by atoms with Crippen LogP contribution in [0.3, 0.4) is 0 Å². The molecule has 0 saturated carbocycles. The van der Waals surface area contributed by atoms with Crippen LogP contribution in [0.5, 0.6) is 0 Å². The predicted octanol–water partition coefficient (Wildman–Crippen LogP) is 5.43. The van der Waals surface area contributed by atoms with Gasteiger partial charge < -0.3 is 5.32 Å². The molecule has 0 aliphatic carbocycles. The monoisotopic (exact) mass is 343 g/mol. The predicted molar refractivity (Wildman–Crippen MR) is 92.3 cm³/mol. The summed E-state index contributed by atoms with van der Waals surface area (Å²) in [6, 6.07) is 18.4. The smallest absolute Gasteiger partial charge is 0.326 e. The Bertz CT molecular complexity index is 897. The van der Waals surface area contributed by atoms with Crippen LogP contribution in [-0.4, -0.2) is 5.91 Å². The van der Waals surface area contributed by atoms with Crippen molar-refractivity contribution in [1.82, 2.24) is 0 Å². The lowest BCUT2D eigenvalue weighted by atomic mass is 10.0. The molecule has 0 bridgehead atoms. The first-order valence-electron chi connectivity index (χ1n) is 7.87. The Morgan fingerprint density at radius 3 is 2.44 bits per heavy atom. The van der Waals surface area contributed by atoms with Gasteiger partial charge in [-0.2, -0.15) is 13.2 Å². The summed E-state index contributed by atoms with van der Waals surface area (Å²) in [5.41, 5.74) is 0.411. The molecule has 0 radical (unpaired) electrons. The Morgan fingerprint density at radius 1 is 0.920 bits per heavy atom. The van der Waals surface area contributed by atoms with Gasteiger partial charge in [0.2, 0.25) is 5.91 Å². The van der Waals surface area contributed by atoms with Crippen LogP contribution in [0.2, 0.25) is 0 Å².